The molecule has 0 aliphatic heterocycles. The third-order valence-corrected chi connectivity index (χ3v) is 4.22. The minimum atomic E-state index is 0.702. The van der Waals surface area contributed by atoms with E-state index in [0.29, 0.717) is 5.02 Å². The average Bonchev–Trinajstić information content (AvgIpc) is 2.73. The summed E-state index contributed by atoms with van der Waals surface area (Å²) in [6.07, 6.45) is 5.80. The van der Waals surface area contributed by atoms with Crippen LogP contribution in [0.15, 0.2) is 24.3 Å². The van der Waals surface area contributed by atoms with Gasteiger partial charge in [0.15, 0.2) is 5.82 Å². The van der Waals surface area contributed by atoms with Gasteiger partial charge in [0.1, 0.15) is 5.82 Å². The molecule has 1 aromatic carbocycles. The predicted octanol–water partition coefficient (Wildman–Crippen LogP) is 4.50. The number of aromatic nitrogens is 2. The highest BCUT2D eigenvalue weighted by molar-refractivity contribution is 6.33. The van der Waals surface area contributed by atoms with Crippen molar-refractivity contribution in [1.29, 1.82) is 0 Å². The highest BCUT2D eigenvalue weighted by atomic mass is 35.5. The molecule has 0 atom stereocenters. The van der Waals surface area contributed by atoms with Crippen LogP contribution in [0.2, 0.25) is 5.02 Å². The molecule has 1 aliphatic carbocycles. The van der Waals surface area contributed by atoms with Gasteiger partial charge in [0.2, 0.25) is 0 Å². The van der Waals surface area contributed by atoms with Crippen molar-refractivity contribution in [2.45, 2.75) is 39.0 Å². The number of anilines is 1. The Morgan fingerprint density at radius 2 is 1.90 bits per heavy atom. The van der Waals surface area contributed by atoms with E-state index in [1.54, 1.807) is 0 Å². The fourth-order valence-electron chi connectivity index (χ4n) is 2.85. The number of nitrogens with one attached hydrogen (secondary N) is 1. The van der Waals surface area contributed by atoms with Gasteiger partial charge in [-0.1, -0.05) is 30.2 Å². The van der Waals surface area contributed by atoms with E-state index in [9.17, 15) is 0 Å². The highest BCUT2D eigenvalue weighted by Crippen LogP contribution is 2.30. The Hall–Kier alpha value is -1.61. The lowest BCUT2D eigenvalue weighted by Gasteiger charge is -2.14. The van der Waals surface area contributed by atoms with Crippen LogP contribution in [0.1, 0.15) is 37.4 Å². The summed E-state index contributed by atoms with van der Waals surface area (Å²) in [6.45, 7) is 2.96. The summed E-state index contributed by atoms with van der Waals surface area (Å²) in [5, 5.41) is 4.10. The molecular formula is C17H20ClN3. The maximum Gasteiger partial charge on any atom is 0.163 e. The Balaban J connectivity index is 2.12. The molecule has 1 aromatic heterocycles. The molecule has 21 heavy (non-hydrogen) atoms. The van der Waals surface area contributed by atoms with Gasteiger partial charge >= 0.3 is 0 Å². The molecule has 0 amide bonds. The van der Waals surface area contributed by atoms with Crippen molar-refractivity contribution in [1.82, 2.24) is 9.97 Å². The number of nitrogens with zero attached hydrogens (tertiary/aromatic N) is 2. The molecule has 0 bridgehead atoms. The van der Waals surface area contributed by atoms with Gasteiger partial charge in [0.05, 0.1) is 5.02 Å². The van der Waals surface area contributed by atoms with Crippen molar-refractivity contribution in [3.8, 4) is 11.4 Å². The first kappa shape index (κ1) is 14.3. The Kier molecular flexibility index (Phi) is 4.39. The van der Waals surface area contributed by atoms with E-state index in [-0.39, 0.29) is 0 Å². The number of aryl methyl sites for hydroxylation is 1. The van der Waals surface area contributed by atoms with Gasteiger partial charge in [-0.25, -0.2) is 9.97 Å². The molecule has 3 nitrogen and oxygen atoms in total. The molecule has 3 rings (SSSR count). The first-order chi connectivity index (χ1) is 10.3. The standard InChI is InChI=1S/C17H20ClN3/c1-2-19-16-13-9-4-3-5-11-15(13)20-17(21-16)12-8-6-7-10-14(12)18/h6-8,10H,2-5,9,11H2,1H3,(H,19,20,21). The molecule has 0 radical (unpaired) electrons. The van der Waals surface area contributed by atoms with Crippen LogP contribution in [0.5, 0.6) is 0 Å². The monoisotopic (exact) mass is 301 g/mol. The average molecular weight is 302 g/mol. The third-order valence-electron chi connectivity index (χ3n) is 3.89. The van der Waals surface area contributed by atoms with E-state index >= 15 is 0 Å². The fourth-order valence-corrected chi connectivity index (χ4v) is 3.07. The van der Waals surface area contributed by atoms with Crippen LogP contribution in [-0.2, 0) is 12.8 Å². The number of fused-ring (bicyclic) bond motifs is 1. The lowest BCUT2D eigenvalue weighted by molar-refractivity contribution is 0.709. The predicted molar refractivity (Wildman–Crippen MR) is 87.9 cm³/mol. The molecule has 1 N–H and O–H groups in total. The maximum absolute atomic E-state index is 6.30. The van der Waals surface area contributed by atoms with E-state index in [1.807, 2.05) is 24.3 Å². The quantitative estimate of drug-likeness (QED) is 0.848. The zero-order valence-corrected chi connectivity index (χ0v) is 13.1. The fraction of sp³-hybridized carbons (Fsp3) is 0.412. The minimum Gasteiger partial charge on any atom is -0.370 e. The van der Waals surface area contributed by atoms with E-state index in [1.165, 1.54) is 30.5 Å². The van der Waals surface area contributed by atoms with Gasteiger partial charge in [-0.05, 0) is 44.7 Å². The summed E-state index contributed by atoms with van der Waals surface area (Å²) in [5.41, 5.74) is 3.39. The molecular weight excluding hydrogens is 282 g/mol. The van der Waals surface area contributed by atoms with Gasteiger partial charge in [0.25, 0.3) is 0 Å². The van der Waals surface area contributed by atoms with Crippen molar-refractivity contribution in [2.75, 3.05) is 11.9 Å². The number of rotatable bonds is 3. The molecule has 0 fully saturated rings. The van der Waals surface area contributed by atoms with Crippen LogP contribution in [0, 0.1) is 0 Å². The van der Waals surface area contributed by atoms with Crippen molar-refractivity contribution in [2.24, 2.45) is 0 Å². The lowest BCUT2D eigenvalue weighted by Crippen LogP contribution is -2.09. The second-order valence-electron chi connectivity index (χ2n) is 5.39. The van der Waals surface area contributed by atoms with Gasteiger partial charge in [-0.3, -0.25) is 0 Å². The zero-order chi connectivity index (χ0) is 14.7. The molecule has 110 valence electrons. The number of halogens is 1. The third kappa shape index (κ3) is 3.03. The molecule has 0 saturated carbocycles. The minimum absolute atomic E-state index is 0.702. The molecule has 0 spiro atoms. The second kappa shape index (κ2) is 6.44. The Bertz CT molecular complexity index is 640. The largest absolute Gasteiger partial charge is 0.370 e. The van der Waals surface area contributed by atoms with Crippen LogP contribution in [0.25, 0.3) is 11.4 Å². The Morgan fingerprint density at radius 3 is 2.71 bits per heavy atom. The van der Waals surface area contributed by atoms with Gasteiger partial charge < -0.3 is 5.32 Å². The molecule has 2 aromatic rings. The maximum atomic E-state index is 6.30. The van der Waals surface area contributed by atoms with Crippen LogP contribution in [0.3, 0.4) is 0 Å². The Morgan fingerprint density at radius 1 is 1.10 bits per heavy atom. The smallest absolute Gasteiger partial charge is 0.163 e. The van der Waals surface area contributed by atoms with Gasteiger partial charge in [0, 0.05) is 23.4 Å². The first-order valence-corrected chi connectivity index (χ1v) is 8.06. The summed E-state index contributed by atoms with van der Waals surface area (Å²) in [4.78, 5) is 9.55. The molecule has 4 heteroatoms. The SMILES string of the molecule is CCNc1nc(-c2ccccc2Cl)nc2c1CCCCC2. The van der Waals surface area contributed by atoms with Crippen molar-refractivity contribution in [3.63, 3.8) is 0 Å². The first-order valence-electron chi connectivity index (χ1n) is 7.68. The summed E-state index contributed by atoms with van der Waals surface area (Å²) in [7, 11) is 0. The number of hydrogen-bond acceptors (Lipinski definition) is 3. The lowest BCUT2D eigenvalue weighted by atomic mass is 10.1. The van der Waals surface area contributed by atoms with Crippen LogP contribution < -0.4 is 5.32 Å². The normalized spacial score (nSPS) is 14.4. The number of hydrogen-bond donors (Lipinski definition) is 1. The summed E-state index contributed by atoms with van der Waals surface area (Å²) < 4.78 is 0. The van der Waals surface area contributed by atoms with Crippen molar-refractivity contribution >= 4 is 17.4 Å². The molecule has 1 heterocycles. The van der Waals surface area contributed by atoms with Crippen LogP contribution in [0.4, 0.5) is 5.82 Å². The van der Waals surface area contributed by atoms with Gasteiger partial charge in [-0.2, -0.15) is 0 Å². The highest BCUT2D eigenvalue weighted by Gasteiger charge is 2.18. The van der Waals surface area contributed by atoms with E-state index in [4.69, 9.17) is 21.6 Å². The molecule has 0 unspecified atom stereocenters. The van der Waals surface area contributed by atoms with Crippen molar-refractivity contribution < 1.29 is 0 Å². The number of benzene rings is 1. The molecule has 1 aliphatic rings. The second-order valence-corrected chi connectivity index (χ2v) is 5.80. The van der Waals surface area contributed by atoms with Gasteiger partial charge in [-0.15, -0.1) is 0 Å². The summed E-state index contributed by atoms with van der Waals surface area (Å²) in [5.74, 6) is 1.72. The van der Waals surface area contributed by atoms with Crippen molar-refractivity contribution in [3.05, 3.63) is 40.5 Å². The van der Waals surface area contributed by atoms with E-state index in [2.05, 4.69) is 12.2 Å². The Labute approximate surface area is 130 Å². The van der Waals surface area contributed by atoms with E-state index in [0.717, 1.165) is 36.6 Å². The summed E-state index contributed by atoms with van der Waals surface area (Å²) in [6, 6.07) is 7.78. The van der Waals surface area contributed by atoms with Crippen LogP contribution in [-0.4, -0.2) is 16.5 Å². The topological polar surface area (TPSA) is 37.8 Å². The zero-order valence-electron chi connectivity index (χ0n) is 12.3. The summed E-state index contributed by atoms with van der Waals surface area (Å²) >= 11 is 6.30. The van der Waals surface area contributed by atoms with E-state index < -0.39 is 0 Å². The van der Waals surface area contributed by atoms with Crippen LogP contribution >= 0.6 is 11.6 Å². The molecule has 0 saturated heterocycles.